The summed E-state index contributed by atoms with van der Waals surface area (Å²) < 4.78 is 19.6. The molecule has 2 atom stereocenters. The Bertz CT molecular complexity index is 931. The molecule has 0 unspecified atom stereocenters. The Kier molecular flexibility index (Phi) is 6.75. The van der Waals surface area contributed by atoms with Crippen LogP contribution in [0.3, 0.4) is 0 Å². The lowest BCUT2D eigenvalue weighted by Gasteiger charge is -2.14. The first-order valence-corrected chi connectivity index (χ1v) is 11.3. The van der Waals surface area contributed by atoms with Gasteiger partial charge in [0.1, 0.15) is 11.9 Å². The maximum atomic E-state index is 11.2. The number of hydrogen-bond acceptors (Lipinski definition) is 8. The van der Waals surface area contributed by atoms with Crippen LogP contribution in [0.2, 0.25) is 0 Å². The smallest absolute Gasteiger partial charge is 0.311 e. The average molecular weight is 417 g/mol. The van der Waals surface area contributed by atoms with Crippen molar-refractivity contribution in [1.82, 2.24) is 4.98 Å². The minimum Gasteiger partial charge on any atom is -0.375 e. The number of halogens is 1. The van der Waals surface area contributed by atoms with Crippen molar-refractivity contribution < 1.29 is 13.3 Å². The molecule has 0 radical (unpaired) electrons. The summed E-state index contributed by atoms with van der Waals surface area (Å²) in [4.78, 5) is 15.0. The number of nitrogens with one attached hydrogen (secondary N) is 1. The third-order valence-corrected chi connectivity index (χ3v) is 4.84. The average Bonchev–Trinajstić information content (AvgIpc) is 3.15. The van der Waals surface area contributed by atoms with Gasteiger partial charge in [-0.2, -0.15) is 5.26 Å². The standard InChI is InChI=1S/C14H14N4O2S.CH3ClO2S/c15-5-3-9-1-2-10(7-9)17-13-12(18(19)20)8-16-11-4-6-21-14(11)13;1-5(2,3)4/h4,6,8-10H,1-3,7H2,(H,16,17);1H3/t9-,10-;/m0./s1. The maximum Gasteiger partial charge on any atom is 0.311 e. The number of nitriles is 1. The van der Waals surface area contributed by atoms with Crippen LogP contribution in [-0.2, 0) is 9.05 Å². The molecule has 26 heavy (non-hydrogen) atoms. The summed E-state index contributed by atoms with van der Waals surface area (Å²) in [5.74, 6) is 0.396. The summed E-state index contributed by atoms with van der Waals surface area (Å²) >= 11 is 1.46. The van der Waals surface area contributed by atoms with Gasteiger partial charge in [0.2, 0.25) is 9.05 Å². The first-order valence-electron chi connectivity index (χ1n) is 7.72. The van der Waals surface area contributed by atoms with E-state index in [-0.39, 0.29) is 11.7 Å². The summed E-state index contributed by atoms with van der Waals surface area (Å²) in [6.07, 6.45) is 5.63. The van der Waals surface area contributed by atoms with Crippen LogP contribution in [0, 0.1) is 27.4 Å². The molecule has 1 fully saturated rings. The van der Waals surface area contributed by atoms with Crippen LogP contribution in [0.5, 0.6) is 0 Å². The van der Waals surface area contributed by atoms with E-state index in [2.05, 4.69) is 27.1 Å². The Balaban J connectivity index is 0.000000431. The quantitative estimate of drug-likeness (QED) is 0.455. The van der Waals surface area contributed by atoms with E-state index in [0.29, 0.717) is 18.0 Å². The van der Waals surface area contributed by atoms with Crippen molar-refractivity contribution in [2.75, 3.05) is 11.6 Å². The molecular weight excluding hydrogens is 400 g/mol. The fourth-order valence-corrected chi connectivity index (χ4v) is 3.76. The molecule has 140 valence electrons. The van der Waals surface area contributed by atoms with Gasteiger partial charge >= 0.3 is 5.69 Å². The molecule has 1 saturated carbocycles. The molecule has 0 aliphatic heterocycles. The van der Waals surface area contributed by atoms with Crippen molar-refractivity contribution in [2.45, 2.75) is 31.7 Å². The van der Waals surface area contributed by atoms with Gasteiger partial charge in [-0.1, -0.05) is 0 Å². The number of nitrogens with zero attached hydrogens (tertiary/aromatic N) is 3. The summed E-state index contributed by atoms with van der Waals surface area (Å²) in [5.41, 5.74) is 1.37. The number of hydrogen-bond donors (Lipinski definition) is 1. The second-order valence-corrected chi connectivity index (χ2v) is 9.94. The third kappa shape index (κ3) is 5.79. The minimum atomic E-state index is -3.19. The molecule has 1 N–H and O–H groups in total. The maximum absolute atomic E-state index is 11.2. The molecule has 11 heteroatoms. The van der Waals surface area contributed by atoms with Crippen LogP contribution in [0.4, 0.5) is 11.4 Å². The lowest BCUT2D eigenvalue weighted by molar-refractivity contribution is -0.384. The molecule has 2 aromatic heterocycles. The fraction of sp³-hybridized carbons (Fsp3) is 0.467. The van der Waals surface area contributed by atoms with Crippen LogP contribution in [0.25, 0.3) is 10.2 Å². The highest BCUT2D eigenvalue weighted by Crippen LogP contribution is 2.38. The molecule has 2 heterocycles. The molecular formula is C15H17ClN4O4S2. The number of fused-ring (bicyclic) bond motifs is 1. The fourth-order valence-electron chi connectivity index (χ4n) is 2.91. The number of anilines is 1. The first-order chi connectivity index (χ1) is 12.2. The van der Waals surface area contributed by atoms with E-state index in [9.17, 15) is 18.5 Å². The number of rotatable bonds is 4. The molecule has 0 spiro atoms. The van der Waals surface area contributed by atoms with Gasteiger partial charge < -0.3 is 5.32 Å². The Morgan fingerprint density at radius 1 is 1.54 bits per heavy atom. The van der Waals surface area contributed by atoms with E-state index in [0.717, 1.165) is 35.7 Å². The number of pyridine rings is 1. The highest BCUT2D eigenvalue weighted by molar-refractivity contribution is 8.13. The number of aromatic nitrogens is 1. The van der Waals surface area contributed by atoms with Crippen molar-refractivity contribution >= 4 is 52.7 Å². The van der Waals surface area contributed by atoms with Crippen molar-refractivity contribution in [3.8, 4) is 6.07 Å². The molecule has 0 saturated heterocycles. The molecule has 3 rings (SSSR count). The molecule has 0 amide bonds. The van der Waals surface area contributed by atoms with E-state index >= 15 is 0 Å². The predicted octanol–water partition coefficient (Wildman–Crippen LogP) is 3.88. The highest BCUT2D eigenvalue weighted by Gasteiger charge is 2.28. The van der Waals surface area contributed by atoms with Gasteiger partial charge in [0.15, 0.2) is 0 Å². The van der Waals surface area contributed by atoms with Gasteiger partial charge in [0.05, 0.1) is 27.5 Å². The lowest BCUT2D eigenvalue weighted by Crippen LogP contribution is -2.16. The summed E-state index contributed by atoms with van der Waals surface area (Å²) in [7, 11) is 1.31. The van der Waals surface area contributed by atoms with Crippen LogP contribution < -0.4 is 5.32 Å². The zero-order valence-corrected chi connectivity index (χ0v) is 16.3. The van der Waals surface area contributed by atoms with Gasteiger partial charge in [-0.3, -0.25) is 10.1 Å². The van der Waals surface area contributed by atoms with Crippen molar-refractivity contribution in [1.29, 1.82) is 5.26 Å². The van der Waals surface area contributed by atoms with E-state index in [1.54, 1.807) is 0 Å². The van der Waals surface area contributed by atoms with Crippen LogP contribution >= 0.6 is 22.0 Å². The topological polar surface area (TPSA) is 126 Å². The largest absolute Gasteiger partial charge is 0.375 e. The second kappa shape index (κ2) is 8.62. The Morgan fingerprint density at radius 2 is 2.23 bits per heavy atom. The Labute approximate surface area is 159 Å². The summed E-state index contributed by atoms with van der Waals surface area (Å²) in [5, 5.41) is 25.2. The summed E-state index contributed by atoms with van der Waals surface area (Å²) in [6.45, 7) is 0. The predicted molar refractivity (Wildman–Crippen MR) is 102 cm³/mol. The second-order valence-electron chi connectivity index (χ2n) is 5.97. The Hall–Kier alpha value is -1.96. The molecule has 1 aliphatic rings. The van der Waals surface area contributed by atoms with E-state index in [1.807, 2.05) is 11.4 Å². The van der Waals surface area contributed by atoms with Crippen molar-refractivity contribution in [2.24, 2.45) is 5.92 Å². The molecule has 0 bridgehead atoms. The van der Waals surface area contributed by atoms with Gasteiger partial charge in [0, 0.05) is 23.1 Å². The zero-order chi connectivity index (χ0) is 19.3. The molecule has 8 nitrogen and oxygen atoms in total. The summed E-state index contributed by atoms with van der Waals surface area (Å²) in [6, 6.07) is 4.26. The number of nitro groups is 1. The monoisotopic (exact) mass is 416 g/mol. The molecule has 0 aromatic carbocycles. The van der Waals surface area contributed by atoms with Crippen LogP contribution in [-0.4, -0.2) is 30.6 Å². The van der Waals surface area contributed by atoms with Gasteiger partial charge in [0.25, 0.3) is 0 Å². The first kappa shape index (κ1) is 20.4. The third-order valence-electron chi connectivity index (χ3n) is 3.92. The van der Waals surface area contributed by atoms with Crippen LogP contribution in [0.1, 0.15) is 25.7 Å². The van der Waals surface area contributed by atoms with E-state index in [4.69, 9.17) is 5.26 Å². The normalized spacial score (nSPS) is 19.4. The van der Waals surface area contributed by atoms with Gasteiger partial charge in [-0.25, -0.2) is 13.4 Å². The molecule has 2 aromatic rings. The molecule has 1 aliphatic carbocycles. The van der Waals surface area contributed by atoms with E-state index < -0.39 is 14.0 Å². The van der Waals surface area contributed by atoms with Crippen LogP contribution in [0.15, 0.2) is 17.6 Å². The van der Waals surface area contributed by atoms with Gasteiger partial charge in [-0.15, -0.1) is 11.3 Å². The lowest BCUT2D eigenvalue weighted by atomic mass is 10.1. The van der Waals surface area contributed by atoms with Crippen molar-refractivity contribution in [3.63, 3.8) is 0 Å². The minimum absolute atomic E-state index is 0.0219. The van der Waals surface area contributed by atoms with Gasteiger partial charge in [-0.05, 0) is 36.6 Å². The zero-order valence-electron chi connectivity index (χ0n) is 13.9. The Morgan fingerprint density at radius 3 is 2.85 bits per heavy atom. The van der Waals surface area contributed by atoms with E-state index in [1.165, 1.54) is 17.5 Å². The number of thiophene rings is 1. The SMILES string of the molecule is CS(=O)(=O)Cl.N#CC[C@@H]1CC[C@H](Nc2c([N+](=O)[O-])cnc3ccsc23)C1. The van der Waals surface area contributed by atoms with Crippen molar-refractivity contribution in [3.05, 3.63) is 27.8 Å². The highest BCUT2D eigenvalue weighted by atomic mass is 35.7.